The summed E-state index contributed by atoms with van der Waals surface area (Å²) in [6.45, 7) is 0.601. The zero-order valence-electron chi connectivity index (χ0n) is 17.4. The first kappa shape index (κ1) is 21.8. The lowest BCUT2D eigenvalue weighted by Gasteiger charge is -2.18. The average molecular weight is 408 g/mol. The highest BCUT2D eigenvalue weighted by Gasteiger charge is 2.17. The van der Waals surface area contributed by atoms with Crippen molar-refractivity contribution in [3.63, 3.8) is 0 Å². The molecule has 1 amide bonds. The maximum Gasteiger partial charge on any atom is 0.220 e. The van der Waals surface area contributed by atoms with Gasteiger partial charge in [-0.25, -0.2) is 0 Å². The highest BCUT2D eigenvalue weighted by molar-refractivity contribution is 5.76. The van der Waals surface area contributed by atoms with Crippen LogP contribution in [0.2, 0.25) is 0 Å². The molecular weight excluding hydrogens is 382 g/mol. The monoisotopic (exact) mass is 407 g/mol. The number of hydrogen-bond donors (Lipinski definition) is 1. The minimum atomic E-state index is 0.0145. The summed E-state index contributed by atoms with van der Waals surface area (Å²) in [4.78, 5) is 12.7. The van der Waals surface area contributed by atoms with Crippen molar-refractivity contribution in [3.05, 3.63) is 107 Å². The van der Waals surface area contributed by atoms with Gasteiger partial charge in [-0.05, 0) is 66.1 Å². The van der Waals surface area contributed by atoms with Crippen LogP contribution in [0, 0.1) is 22.7 Å². The Morgan fingerprint density at radius 2 is 1.52 bits per heavy atom. The molecule has 31 heavy (non-hydrogen) atoms. The first-order chi connectivity index (χ1) is 15.2. The fourth-order valence-corrected chi connectivity index (χ4v) is 3.62. The molecule has 0 aromatic heterocycles. The molecule has 3 aromatic rings. The second-order valence-corrected chi connectivity index (χ2v) is 7.57. The van der Waals surface area contributed by atoms with Gasteiger partial charge in [0.2, 0.25) is 5.91 Å². The van der Waals surface area contributed by atoms with E-state index in [1.165, 1.54) is 5.56 Å². The molecule has 0 bridgehead atoms. The third-order valence-electron chi connectivity index (χ3n) is 5.36. The van der Waals surface area contributed by atoms with Gasteiger partial charge in [0, 0.05) is 13.0 Å². The van der Waals surface area contributed by atoms with Crippen LogP contribution in [0.5, 0.6) is 0 Å². The molecule has 1 N–H and O–H groups in total. The van der Waals surface area contributed by atoms with Gasteiger partial charge >= 0.3 is 0 Å². The van der Waals surface area contributed by atoms with Crippen molar-refractivity contribution in [1.82, 2.24) is 5.32 Å². The van der Waals surface area contributed by atoms with Gasteiger partial charge in [0.1, 0.15) is 0 Å². The highest BCUT2D eigenvalue weighted by Crippen LogP contribution is 2.26. The summed E-state index contributed by atoms with van der Waals surface area (Å²) in [6, 6.07) is 29.5. The van der Waals surface area contributed by atoms with Crippen molar-refractivity contribution in [1.29, 1.82) is 10.5 Å². The molecule has 154 valence electrons. The van der Waals surface area contributed by atoms with Gasteiger partial charge < -0.3 is 5.32 Å². The van der Waals surface area contributed by atoms with Crippen LogP contribution in [0.4, 0.5) is 0 Å². The number of hydrogen-bond acceptors (Lipinski definition) is 3. The van der Waals surface area contributed by atoms with Crippen LogP contribution >= 0.6 is 0 Å². The van der Waals surface area contributed by atoms with Crippen LogP contribution < -0.4 is 5.32 Å². The molecule has 4 heteroatoms. The summed E-state index contributed by atoms with van der Waals surface area (Å²) in [6.07, 6.45) is 2.75. The van der Waals surface area contributed by atoms with Crippen LogP contribution in [0.25, 0.3) is 0 Å². The van der Waals surface area contributed by atoms with E-state index in [4.69, 9.17) is 5.26 Å². The predicted octanol–water partition coefficient (Wildman–Crippen LogP) is 4.90. The van der Waals surface area contributed by atoms with Crippen LogP contribution in [-0.2, 0) is 17.6 Å². The van der Waals surface area contributed by atoms with Crippen molar-refractivity contribution < 1.29 is 4.79 Å². The highest BCUT2D eigenvalue weighted by atomic mass is 16.1. The van der Waals surface area contributed by atoms with Crippen LogP contribution in [0.1, 0.15) is 46.6 Å². The minimum absolute atomic E-state index is 0.0145. The fraction of sp³-hybridized carbons (Fsp3) is 0.222. The molecule has 4 nitrogen and oxygen atoms in total. The summed E-state index contributed by atoms with van der Waals surface area (Å²) >= 11 is 0. The maximum atomic E-state index is 12.7. The van der Waals surface area contributed by atoms with Crippen LogP contribution in [0.3, 0.4) is 0 Å². The number of benzene rings is 3. The van der Waals surface area contributed by atoms with E-state index in [0.29, 0.717) is 24.1 Å². The summed E-state index contributed by atoms with van der Waals surface area (Å²) < 4.78 is 0. The number of rotatable bonds is 9. The zero-order chi connectivity index (χ0) is 21.9. The van der Waals surface area contributed by atoms with Gasteiger partial charge in [0.15, 0.2) is 0 Å². The molecule has 0 saturated heterocycles. The Bertz CT molecular complexity index is 1080. The zero-order valence-corrected chi connectivity index (χ0v) is 17.4. The SMILES string of the molecule is N#Cc1ccc(CCC(CC(=O)NCCc2ccccc2)c2cccc(C#N)c2)cc1. The minimum Gasteiger partial charge on any atom is -0.356 e. The quantitative estimate of drug-likeness (QED) is 0.548. The smallest absolute Gasteiger partial charge is 0.220 e. The van der Waals surface area contributed by atoms with E-state index in [2.05, 4.69) is 29.6 Å². The van der Waals surface area contributed by atoms with Crippen LogP contribution in [-0.4, -0.2) is 12.5 Å². The van der Waals surface area contributed by atoms with Crippen molar-refractivity contribution in [2.75, 3.05) is 6.54 Å². The topological polar surface area (TPSA) is 76.7 Å². The van der Waals surface area contributed by atoms with Crippen molar-refractivity contribution in [3.8, 4) is 12.1 Å². The molecule has 0 saturated carbocycles. The molecule has 0 aliphatic carbocycles. The molecule has 0 aliphatic heterocycles. The number of carbonyl (C=O) groups excluding carboxylic acids is 1. The van der Waals surface area contributed by atoms with Gasteiger partial charge in [-0.1, -0.05) is 54.6 Å². The number of nitriles is 2. The second kappa shape index (κ2) is 11.3. The van der Waals surface area contributed by atoms with E-state index in [0.717, 1.165) is 30.4 Å². The molecular formula is C27H25N3O. The van der Waals surface area contributed by atoms with Crippen molar-refractivity contribution >= 4 is 5.91 Å². The molecule has 0 spiro atoms. The molecule has 1 unspecified atom stereocenters. The third-order valence-corrected chi connectivity index (χ3v) is 5.36. The lowest BCUT2D eigenvalue weighted by molar-refractivity contribution is -0.121. The molecule has 0 radical (unpaired) electrons. The number of carbonyl (C=O) groups is 1. The Morgan fingerprint density at radius 1 is 0.806 bits per heavy atom. The van der Waals surface area contributed by atoms with Crippen molar-refractivity contribution in [2.45, 2.75) is 31.6 Å². The van der Waals surface area contributed by atoms with Gasteiger partial charge in [-0.3, -0.25) is 4.79 Å². The summed E-state index contributed by atoms with van der Waals surface area (Å²) in [5.41, 5.74) is 4.57. The largest absolute Gasteiger partial charge is 0.356 e. The molecule has 1 atom stereocenters. The Balaban J connectivity index is 1.63. The Morgan fingerprint density at radius 3 is 2.23 bits per heavy atom. The van der Waals surface area contributed by atoms with Gasteiger partial charge in [-0.15, -0.1) is 0 Å². The Kier molecular flexibility index (Phi) is 7.97. The lowest BCUT2D eigenvalue weighted by Crippen LogP contribution is -2.27. The van der Waals surface area contributed by atoms with Crippen LogP contribution in [0.15, 0.2) is 78.9 Å². The van der Waals surface area contributed by atoms with Gasteiger partial charge in [0.05, 0.1) is 23.3 Å². The average Bonchev–Trinajstić information content (AvgIpc) is 2.82. The van der Waals surface area contributed by atoms with E-state index in [-0.39, 0.29) is 11.8 Å². The van der Waals surface area contributed by atoms with Gasteiger partial charge in [-0.2, -0.15) is 10.5 Å². The first-order valence-electron chi connectivity index (χ1n) is 10.5. The Labute approximate surface area is 183 Å². The maximum absolute atomic E-state index is 12.7. The van der Waals surface area contributed by atoms with Gasteiger partial charge in [0.25, 0.3) is 0 Å². The molecule has 3 aromatic carbocycles. The standard InChI is InChI=1S/C27H25N3O/c28-19-23-11-9-22(10-12-23)13-14-26(25-8-4-7-24(17-25)20-29)18-27(31)30-16-15-21-5-2-1-3-6-21/h1-12,17,26H,13-16,18H2,(H,30,31). The van der Waals surface area contributed by atoms with E-state index >= 15 is 0 Å². The molecule has 0 fully saturated rings. The number of nitrogens with zero attached hydrogens (tertiary/aromatic N) is 2. The second-order valence-electron chi connectivity index (χ2n) is 7.57. The van der Waals surface area contributed by atoms with Crippen molar-refractivity contribution in [2.24, 2.45) is 0 Å². The Hall–Kier alpha value is -3.89. The lowest BCUT2D eigenvalue weighted by atomic mass is 9.88. The molecule has 3 rings (SSSR count). The number of amides is 1. The predicted molar refractivity (Wildman–Crippen MR) is 121 cm³/mol. The number of aryl methyl sites for hydroxylation is 1. The summed E-state index contributed by atoms with van der Waals surface area (Å²) in [5.74, 6) is 0.0313. The normalized spacial score (nSPS) is 11.2. The fourth-order valence-electron chi connectivity index (χ4n) is 3.62. The molecule has 0 aliphatic rings. The number of nitrogens with one attached hydrogen (secondary N) is 1. The van der Waals surface area contributed by atoms with E-state index in [9.17, 15) is 10.1 Å². The third kappa shape index (κ3) is 6.84. The summed E-state index contributed by atoms with van der Waals surface area (Å²) in [5, 5.41) is 21.3. The first-order valence-corrected chi connectivity index (χ1v) is 10.5. The molecule has 0 heterocycles. The van der Waals surface area contributed by atoms with E-state index in [1.807, 2.05) is 60.7 Å². The van der Waals surface area contributed by atoms with E-state index < -0.39 is 0 Å². The van der Waals surface area contributed by atoms with E-state index in [1.54, 1.807) is 6.07 Å². The summed E-state index contributed by atoms with van der Waals surface area (Å²) in [7, 11) is 0.